The average Bonchev–Trinajstić information content (AvgIpc) is 3.49. The number of nitrogens with zero attached hydrogens (tertiary/aromatic N) is 2. The predicted molar refractivity (Wildman–Crippen MR) is 106 cm³/mol. The van der Waals surface area contributed by atoms with Gasteiger partial charge in [-0.1, -0.05) is 12.1 Å². The van der Waals surface area contributed by atoms with Gasteiger partial charge >= 0.3 is 0 Å². The number of ether oxygens (including phenoxy) is 3. The normalized spacial score (nSPS) is 14.9. The smallest absolute Gasteiger partial charge is 0.165 e. The number of benzene rings is 2. The SMILES string of the molecule is COc1cc2c(Oc3ccccc3F)ccnc2cc1OCC1(N(C)C)CC1. The van der Waals surface area contributed by atoms with E-state index in [4.69, 9.17) is 14.2 Å². The van der Waals surface area contributed by atoms with Crippen molar-refractivity contribution in [3.63, 3.8) is 0 Å². The molecule has 0 radical (unpaired) electrons. The average molecular weight is 382 g/mol. The molecule has 1 heterocycles. The van der Waals surface area contributed by atoms with Gasteiger partial charge in [-0.05, 0) is 51.2 Å². The third-order valence-corrected chi connectivity index (χ3v) is 5.32. The zero-order chi connectivity index (χ0) is 19.7. The lowest BCUT2D eigenvalue weighted by Crippen LogP contribution is -2.35. The van der Waals surface area contributed by atoms with Crippen LogP contribution in [0.4, 0.5) is 4.39 Å². The number of rotatable bonds is 7. The molecule has 0 spiro atoms. The third kappa shape index (κ3) is 3.47. The summed E-state index contributed by atoms with van der Waals surface area (Å²) in [5.74, 6) is 1.48. The van der Waals surface area contributed by atoms with E-state index in [9.17, 15) is 4.39 Å². The highest BCUT2D eigenvalue weighted by molar-refractivity contribution is 5.88. The van der Waals surface area contributed by atoms with Crippen molar-refractivity contribution < 1.29 is 18.6 Å². The van der Waals surface area contributed by atoms with Crippen LogP contribution in [0.3, 0.4) is 0 Å². The molecule has 5 nitrogen and oxygen atoms in total. The Bertz CT molecular complexity index is 1000. The Hall–Kier alpha value is -2.86. The zero-order valence-corrected chi connectivity index (χ0v) is 16.2. The molecule has 1 aliphatic carbocycles. The standard InChI is InChI=1S/C22H23FN2O3/c1-25(2)22(9-10-22)14-27-21-13-17-15(12-20(21)26-3)18(8-11-24-17)28-19-7-5-4-6-16(19)23/h4-8,11-13H,9-10,14H2,1-3H3. The summed E-state index contributed by atoms with van der Waals surface area (Å²) < 4.78 is 31.4. The van der Waals surface area contributed by atoms with Crippen LogP contribution in [0.1, 0.15) is 12.8 Å². The molecule has 0 unspecified atom stereocenters. The highest BCUT2D eigenvalue weighted by atomic mass is 19.1. The summed E-state index contributed by atoms with van der Waals surface area (Å²) in [7, 11) is 5.74. The molecule has 3 aromatic rings. The molecule has 1 aromatic heterocycles. The van der Waals surface area contributed by atoms with Gasteiger partial charge in [-0.2, -0.15) is 0 Å². The number of fused-ring (bicyclic) bond motifs is 1. The van der Waals surface area contributed by atoms with E-state index in [1.807, 2.05) is 12.1 Å². The Labute approximate surface area is 163 Å². The molecule has 1 aliphatic rings. The fraction of sp³-hybridized carbons (Fsp3) is 0.318. The molecule has 1 fully saturated rings. The Morgan fingerprint density at radius 2 is 1.82 bits per heavy atom. The molecule has 6 heteroatoms. The number of likely N-dealkylation sites (N-methyl/N-ethyl adjacent to an activating group) is 1. The molecule has 0 N–H and O–H groups in total. The fourth-order valence-electron chi connectivity index (χ4n) is 3.21. The number of hydrogen-bond acceptors (Lipinski definition) is 5. The maximum Gasteiger partial charge on any atom is 0.165 e. The van der Waals surface area contributed by atoms with Gasteiger partial charge in [-0.15, -0.1) is 0 Å². The maximum atomic E-state index is 14.0. The van der Waals surface area contributed by atoms with Gasteiger partial charge in [0, 0.05) is 17.6 Å². The second-order valence-corrected chi connectivity index (χ2v) is 7.27. The van der Waals surface area contributed by atoms with Crippen LogP contribution in [0.25, 0.3) is 10.9 Å². The molecule has 0 atom stereocenters. The van der Waals surface area contributed by atoms with E-state index in [0.29, 0.717) is 29.4 Å². The molecular formula is C22H23FN2O3. The first-order chi connectivity index (χ1) is 13.5. The van der Waals surface area contributed by atoms with Crippen molar-refractivity contribution in [2.75, 3.05) is 27.8 Å². The Morgan fingerprint density at radius 3 is 2.50 bits per heavy atom. The van der Waals surface area contributed by atoms with Crippen molar-refractivity contribution in [3.8, 4) is 23.0 Å². The van der Waals surface area contributed by atoms with E-state index in [2.05, 4.69) is 24.0 Å². The van der Waals surface area contributed by atoms with E-state index in [0.717, 1.165) is 18.2 Å². The summed E-state index contributed by atoms with van der Waals surface area (Å²) >= 11 is 0. The molecule has 0 amide bonds. The number of pyridine rings is 1. The van der Waals surface area contributed by atoms with Crippen LogP contribution in [0, 0.1) is 5.82 Å². The van der Waals surface area contributed by atoms with Crippen LogP contribution in [0.5, 0.6) is 23.0 Å². The number of aromatic nitrogens is 1. The van der Waals surface area contributed by atoms with Crippen molar-refractivity contribution >= 4 is 10.9 Å². The topological polar surface area (TPSA) is 43.8 Å². The Balaban J connectivity index is 1.66. The van der Waals surface area contributed by atoms with E-state index in [1.165, 1.54) is 6.07 Å². The van der Waals surface area contributed by atoms with E-state index in [-0.39, 0.29) is 11.3 Å². The second kappa shape index (κ2) is 7.28. The largest absolute Gasteiger partial charge is 0.493 e. The maximum absolute atomic E-state index is 14.0. The molecule has 0 saturated heterocycles. The monoisotopic (exact) mass is 382 g/mol. The van der Waals surface area contributed by atoms with Gasteiger partial charge in [0.2, 0.25) is 0 Å². The van der Waals surface area contributed by atoms with E-state index < -0.39 is 5.82 Å². The molecule has 1 saturated carbocycles. The zero-order valence-electron chi connectivity index (χ0n) is 16.2. The highest BCUT2D eigenvalue weighted by Crippen LogP contribution is 2.42. The van der Waals surface area contributed by atoms with Crippen molar-refractivity contribution in [1.29, 1.82) is 0 Å². The quantitative estimate of drug-likeness (QED) is 0.595. The third-order valence-electron chi connectivity index (χ3n) is 5.32. The summed E-state index contributed by atoms with van der Waals surface area (Å²) in [6.07, 6.45) is 3.88. The summed E-state index contributed by atoms with van der Waals surface area (Å²) in [4.78, 5) is 6.62. The molecule has 0 aliphatic heterocycles. The van der Waals surface area contributed by atoms with Gasteiger partial charge in [0.15, 0.2) is 23.1 Å². The van der Waals surface area contributed by atoms with Crippen molar-refractivity contribution in [2.45, 2.75) is 18.4 Å². The summed E-state index contributed by atoms with van der Waals surface area (Å²) in [5.41, 5.74) is 0.794. The van der Waals surface area contributed by atoms with Crippen LogP contribution in [-0.4, -0.2) is 43.2 Å². The minimum absolute atomic E-state index is 0.100. The van der Waals surface area contributed by atoms with Crippen LogP contribution in [0.2, 0.25) is 0 Å². The summed E-state index contributed by atoms with van der Waals surface area (Å²) in [5, 5.41) is 0.726. The van der Waals surface area contributed by atoms with E-state index in [1.54, 1.807) is 37.6 Å². The molecule has 2 aromatic carbocycles. The number of halogens is 1. The van der Waals surface area contributed by atoms with Gasteiger partial charge in [0.25, 0.3) is 0 Å². The summed E-state index contributed by atoms with van der Waals surface area (Å²) in [6.45, 7) is 0.591. The van der Waals surface area contributed by atoms with Gasteiger partial charge in [0.1, 0.15) is 12.4 Å². The number of methoxy groups -OCH3 is 1. The van der Waals surface area contributed by atoms with Crippen LogP contribution < -0.4 is 14.2 Å². The van der Waals surface area contributed by atoms with Crippen LogP contribution >= 0.6 is 0 Å². The van der Waals surface area contributed by atoms with Crippen LogP contribution in [-0.2, 0) is 0 Å². The minimum Gasteiger partial charge on any atom is -0.493 e. The van der Waals surface area contributed by atoms with Gasteiger partial charge < -0.3 is 19.1 Å². The molecular weight excluding hydrogens is 359 g/mol. The van der Waals surface area contributed by atoms with Crippen LogP contribution in [0.15, 0.2) is 48.7 Å². The lowest BCUT2D eigenvalue weighted by atomic mass is 10.1. The fourth-order valence-corrected chi connectivity index (χ4v) is 3.21. The van der Waals surface area contributed by atoms with Gasteiger partial charge in [0.05, 0.1) is 18.2 Å². The Morgan fingerprint density at radius 1 is 1.04 bits per heavy atom. The van der Waals surface area contributed by atoms with E-state index >= 15 is 0 Å². The van der Waals surface area contributed by atoms with Crippen molar-refractivity contribution in [2.24, 2.45) is 0 Å². The summed E-state index contributed by atoms with van der Waals surface area (Å²) in [6, 6.07) is 11.7. The minimum atomic E-state index is -0.419. The lowest BCUT2D eigenvalue weighted by Gasteiger charge is -2.24. The first kappa shape index (κ1) is 18.5. The lowest BCUT2D eigenvalue weighted by molar-refractivity contribution is 0.164. The number of hydrogen-bond donors (Lipinski definition) is 0. The van der Waals surface area contributed by atoms with Gasteiger partial charge in [-0.25, -0.2) is 4.39 Å². The van der Waals surface area contributed by atoms with Crippen molar-refractivity contribution in [1.82, 2.24) is 9.88 Å². The Kier molecular flexibility index (Phi) is 4.81. The second-order valence-electron chi connectivity index (χ2n) is 7.27. The molecule has 4 rings (SSSR count). The first-order valence-corrected chi connectivity index (χ1v) is 9.22. The molecule has 0 bridgehead atoms. The number of para-hydroxylation sites is 1. The first-order valence-electron chi connectivity index (χ1n) is 9.22. The molecule has 28 heavy (non-hydrogen) atoms. The predicted octanol–water partition coefficient (Wildman–Crippen LogP) is 4.65. The van der Waals surface area contributed by atoms with Crippen molar-refractivity contribution in [3.05, 3.63) is 54.5 Å². The highest BCUT2D eigenvalue weighted by Gasteiger charge is 2.45. The molecule has 146 valence electrons. The van der Waals surface area contributed by atoms with Gasteiger partial charge in [-0.3, -0.25) is 4.98 Å².